The van der Waals surface area contributed by atoms with Gasteiger partial charge < -0.3 is 5.73 Å². The number of nitrogen functional groups attached to an aromatic ring is 1. The number of nitrogens with zero attached hydrogens (tertiary/aromatic N) is 1. The van der Waals surface area contributed by atoms with Gasteiger partial charge in [-0.2, -0.15) is 0 Å². The topological polar surface area (TPSA) is 60.2 Å². The Labute approximate surface area is 120 Å². The fourth-order valence-electron chi connectivity index (χ4n) is 2.38. The van der Waals surface area contributed by atoms with E-state index in [0.717, 1.165) is 5.69 Å². The third kappa shape index (κ3) is 3.14. The molecule has 0 radical (unpaired) electrons. The molecule has 0 aliphatic carbocycles. The summed E-state index contributed by atoms with van der Waals surface area (Å²) in [6, 6.07) is 7.33. The molecule has 1 atom stereocenters. The lowest BCUT2D eigenvalue weighted by atomic mass is 10.1. The Morgan fingerprint density at radius 1 is 1.25 bits per heavy atom. The van der Waals surface area contributed by atoms with Gasteiger partial charge in [-0.05, 0) is 25.5 Å². The number of carbonyl (C=O) groups is 2. The Morgan fingerprint density at radius 3 is 2.30 bits per heavy atom. The molecule has 20 heavy (non-hydrogen) atoms. The molecular weight excluding hydrogens is 252 g/mol. The monoisotopic (exact) mass is 275 g/mol. The molecule has 1 rings (SSSR count). The van der Waals surface area contributed by atoms with E-state index in [1.165, 1.54) is 0 Å². The SMILES string of the molecule is C=C(C)C(=O)CC[N+](CC)(C(C)=O)c1ccccc1N. The highest BCUT2D eigenvalue weighted by Gasteiger charge is 2.36. The number of nitrogens with two attached hydrogens (primary N) is 1. The number of anilines is 1. The van der Waals surface area contributed by atoms with Crippen LogP contribution < -0.4 is 10.2 Å². The van der Waals surface area contributed by atoms with Crippen molar-refractivity contribution in [2.75, 3.05) is 18.8 Å². The van der Waals surface area contributed by atoms with Crippen LogP contribution in [0.4, 0.5) is 11.4 Å². The molecule has 0 aromatic heterocycles. The molecule has 0 saturated carbocycles. The summed E-state index contributed by atoms with van der Waals surface area (Å²) < 4.78 is 0.0890. The first kappa shape index (κ1) is 16.1. The van der Waals surface area contributed by atoms with Gasteiger partial charge in [-0.25, -0.2) is 9.28 Å². The van der Waals surface area contributed by atoms with Crippen molar-refractivity contribution in [2.24, 2.45) is 0 Å². The van der Waals surface area contributed by atoms with Crippen molar-refractivity contribution in [2.45, 2.75) is 27.2 Å². The van der Waals surface area contributed by atoms with Crippen LogP contribution in [0.25, 0.3) is 0 Å². The van der Waals surface area contributed by atoms with Crippen LogP contribution in [0, 0.1) is 0 Å². The summed E-state index contributed by atoms with van der Waals surface area (Å²) in [4.78, 5) is 24.0. The molecule has 0 fully saturated rings. The predicted molar refractivity (Wildman–Crippen MR) is 83.2 cm³/mol. The molecule has 1 aromatic rings. The van der Waals surface area contributed by atoms with E-state index in [1.54, 1.807) is 19.9 Å². The molecular formula is C16H23N2O2+. The van der Waals surface area contributed by atoms with Crippen LogP contribution in [0.5, 0.6) is 0 Å². The molecule has 1 unspecified atom stereocenters. The van der Waals surface area contributed by atoms with Gasteiger partial charge in [-0.3, -0.25) is 4.79 Å². The van der Waals surface area contributed by atoms with E-state index in [-0.39, 0.29) is 22.6 Å². The molecule has 108 valence electrons. The maximum atomic E-state index is 12.2. The van der Waals surface area contributed by atoms with Crippen LogP contribution in [-0.4, -0.2) is 24.8 Å². The third-order valence-electron chi connectivity index (χ3n) is 3.74. The molecule has 4 heteroatoms. The standard InChI is InChI=1S/C16H23N2O2/c1-5-18(13(4)19,11-10-16(20)12(2)3)15-9-7-6-8-14(15)17/h6-9H,2,5,10-11,17H2,1,3-4H3/q+1. The molecule has 0 heterocycles. The average molecular weight is 275 g/mol. The minimum atomic E-state index is -0.0169. The predicted octanol–water partition coefficient (Wildman–Crippen LogP) is 2.68. The maximum absolute atomic E-state index is 12.2. The Morgan fingerprint density at radius 2 is 1.85 bits per heavy atom. The van der Waals surface area contributed by atoms with Crippen molar-refractivity contribution in [1.29, 1.82) is 0 Å². The van der Waals surface area contributed by atoms with Crippen LogP contribution in [-0.2, 0) is 9.59 Å². The summed E-state index contributed by atoms with van der Waals surface area (Å²) in [6.07, 6.45) is 0.289. The number of amides is 1. The van der Waals surface area contributed by atoms with Crippen LogP contribution in [0.2, 0.25) is 0 Å². The summed E-state index contributed by atoms with van der Waals surface area (Å²) >= 11 is 0. The number of rotatable bonds is 6. The van der Waals surface area contributed by atoms with Gasteiger partial charge in [-0.15, -0.1) is 0 Å². The van der Waals surface area contributed by atoms with E-state index in [0.29, 0.717) is 24.4 Å². The number of allylic oxidation sites excluding steroid dienone is 1. The fourth-order valence-corrected chi connectivity index (χ4v) is 2.38. The van der Waals surface area contributed by atoms with Crippen molar-refractivity contribution in [1.82, 2.24) is 4.48 Å². The number of quaternary nitrogens is 1. The molecule has 1 amide bonds. The Hall–Kier alpha value is -1.94. The lowest BCUT2D eigenvalue weighted by Crippen LogP contribution is -2.54. The molecule has 0 bridgehead atoms. The highest BCUT2D eigenvalue weighted by Crippen LogP contribution is 2.30. The van der Waals surface area contributed by atoms with E-state index in [9.17, 15) is 9.59 Å². The first-order valence-electron chi connectivity index (χ1n) is 6.77. The number of carbonyl (C=O) groups excluding carboxylic acids is 2. The fraction of sp³-hybridized carbons (Fsp3) is 0.375. The Bertz CT molecular complexity index is 537. The molecule has 0 spiro atoms. The van der Waals surface area contributed by atoms with Crippen molar-refractivity contribution >= 4 is 23.1 Å². The number of ketones is 1. The van der Waals surface area contributed by atoms with E-state index in [2.05, 4.69) is 6.58 Å². The molecule has 0 aliphatic rings. The van der Waals surface area contributed by atoms with E-state index in [4.69, 9.17) is 5.73 Å². The van der Waals surface area contributed by atoms with Crippen molar-refractivity contribution in [3.05, 3.63) is 36.4 Å². The maximum Gasteiger partial charge on any atom is 0.315 e. The zero-order valence-electron chi connectivity index (χ0n) is 12.5. The minimum Gasteiger partial charge on any atom is -0.394 e. The normalized spacial score (nSPS) is 13.6. The number of benzene rings is 1. The lowest BCUT2D eigenvalue weighted by Gasteiger charge is -2.34. The van der Waals surface area contributed by atoms with Gasteiger partial charge in [0.05, 0.1) is 32.1 Å². The second kappa shape index (κ2) is 6.48. The number of para-hydroxylation sites is 2. The summed E-state index contributed by atoms with van der Waals surface area (Å²) in [6.45, 7) is 9.78. The van der Waals surface area contributed by atoms with Gasteiger partial charge in [-0.1, -0.05) is 18.7 Å². The summed E-state index contributed by atoms with van der Waals surface area (Å²) in [5.41, 5.74) is 7.87. The van der Waals surface area contributed by atoms with Gasteiger partial charge in [0.25, 0.3) is 0 Å². The molecule has 0 aliphatic heterocycles. The first-order valence-corrected chi connectivity index (χ1v) is 6.77. The second-order valence-corrected chi connectivity index (χ2v) is 5.04. The number of hydrogen-bond acceptors (Lipinski definition) is 3. The Balaban J connectivity index is 3.17. The van der Waals surface area contributed by atoms with Crippen LogP contribution in [0.15, 0.2) is 36.4 Å². The summed E-state index contributed by atoms with van der Waals surface area (Å²) in [7, 11) is 0. The number of hydrogen-bond donors (Lipinski definition) is 1. The molecule has 0 saturated heterocycles. The average Bonchev–Trinajstić information content (AvgIpc) is 2.40. The first-order chi connectivity index (χ1) is 9.35. The zero-order chi connectivity index (χ0) is 15.3. The Kier molecular flexibility index (Phi) is 5.22. The van der Waals surface area contributed by atoms with Gasteiger partial charge in [0, 0.05) is 6.07 Å². The van der Waals surface area contributed by atoms with Crippen molar-refractivity contribution < 1.29 is 9.59 Å². The van der Waals surface area contributed by atoms with Gasteiger partial charge in [0.2, 0.25) is 0 Å². The largest absolute Gasteiger partial charge is 0.394 e. The second-order valence-electron chi connectivity index (χ2n) is 5.04. The quantitative estimate of drug-likeness (QED) is 0.493. The highest BCUT2D eigenvalue weighted by atomic mass is 16.2. The molecule has 4 nitrogen and oxygen atoms in total. The van der Waals surface area contributed by atoms with Crippen molar-refractivity contribution in [3.8, 4) is 0 Å². The summed E-state index contributed by atoms with van der Waals surface area (Å²) in [5.74, 6) is -0.0309. The van der Waals surface area contributed by atoms with E-state index >= 15 is 0 Å². The van der Waals surface area contributed by atoms with E-state index in [1.807, 2.05) is 25.1 Å². The highest BCUT2D eigenvalue weighted by molar-refractivity contribution is 5.96. The minimum absolute atomic E-state index is 0.0140. The van der Waals surface area contributed by atoms with Crippen LogP contribution >= 0.6 is 0 Å². The smallest absolute Gasteiger partial charge is 0.315 e. The zero-order valence-corrected chi connectivity index (χ0v) is 12.5. The van der Waals surface area contributed by atoms with Crippen LogP contribution in [0.1, 0.15) is 27.2 Å². The summed E-state index contributed by atoms with van der Waals surface area (Å²) in [5, 5.41) is 0. The lowest BCUT2D eigenvalue weighted by molar-refractivity contribution is -0.128. The molecule has 1 aromatic carbocycles. The van der Waals surface area contributed by atoms with Gasteiger partial charge >= 0.3 is 5.91 Å². The van der Waals surface area contributed by atoms with Gasteiger partial charge in [0.15, 0.2) is 11.5 Å². The van der Waals surface area contributed by atoms with E-state index < -0.39 is 0 Å². The third-order valence-corrected chi connectivity index (χ3v) is 3.74. The van der Waals surface area contributed by atoms with Gasteiger partial charge in [0.1, 0.15) is 0 Å². The van der Waals surface area contributed by atoms with Crippen LogP contribution in [0.3, 0.4) is 0 Å². The number of Topliss-reactive ketones (excluding diaryl/α,β-unsaturated/α-hetero) is 1. The van der Waals surface area contributed by atoms with Crippen molar-refractivity contribution in [3.63, 3.8) is 0 Å². The molecule has 2 N–H and O–H groups in total.